The van der Waals surface area contributed by atoms with Gasteiger partial charge < -0.3 is 20.8 Å². The number of aliphatic hydroxyl groups excluding tert-OH is 1. The van der Waals surface area contributed by atoms with Gasteiger partial charge in [0.15, 0.2) is 0 Å². The largest absolute Gasteiger partial charge is 0.388 e. The average Bonchev–Trinajstić information content (AvgIpc) is 2.35. The van der Waals surface area contributed by atoms with Gasteiger partial charge in [-0.1, -0.05) is 32.9 Å². The van der Waals surface area contributed by atoms with Crippen molar-refractivity contribution in [2.45, 2.75) is 27.1 Å². The number of nitrogens with one attached hydrogen (secondary N) is 2. The maximum atomic E-state index is 11.3. The van der Waals surface area contributed by atoms with Crippen LogP contribution in [-0.4, -0.2) is 29.5 Å². The number of allylic oxidation sites excluding steroid dienone is 1. The van der Waals surface area contributed by atoms with Crippen molar-refractivity contribution in [1.29, 1.82) is 0 Å². The molecule has 0 saturated carbocycles. The highest BCUT2D eigenvalue weighted by Crippen LogP contribution is 2.24. The number of anilines is 2. The number of carbonyl (C=O) groups is 1. The van der Waals surface area contributed by atoms with Crippen LogP contribution in [0.15, 0.2) is 24.3 Å². The fourth-order valence-electron chi connectivity index (χ4n) is 1.55. The predicted octanol–water partition coefficient (Wildman–Crippen LogP) is 2.04. The SMILES string of the molecule is CNc1ccc(NC(=O)C(O)O)cc1/C=C/C(C)(C)C. The molecule has 0 fully saturated rings. The van der Waals surface area contributed by atoms with Gasteiger partial charge in [0, 0.05) is 18.4 Å². The molecule has 0 aliphatic carbocycles. The van der Waals surface area contributed by atoms with Crippen molar-refractivity contribution in [3.63, 3.8) is 0 Å². The number of benzene rings is 1. The summed E-state index contributed by atoms with van der Waals surface area (Å²) in [5, 5.41) is 23.1. The smallest absolute Gasteiger partial charge is 0.280 e. The number of hydrogen-bond acceptors (Lipinski definition) is 4. The van der Waals surface area contributed by atoms with Crippen molar-refractivity contribution in [2.75, 3.05) is 17.7 Å². The lowest BCUT2D eigenvalue weighted by Crippen LogP contribution is -2.26. The second kappa shape index (κ2) is 6.54. The van der Waals surface area contributed by atoms with Gasteiger partial charge in [-0.15, -0.1) is 0 Å². The van der Waals surface area contributed by atoms with Crippen LogP contribution in [0.1, 0.15) is 26.3 Å². The van der Waals surface area contributed by atoms with Crippen molar-refractivity contribution >= 4 is 23.4 Å². The average molecular weight is 278 g/mol. The fourth-order valence-corrected chi connectivity index (χ4v) is 1.55. The molecule has 0 atom stereocenters. The fraction of sp³-hybridized carbons (Fsp3) is 0.400. The van der Waals surface area contributed by atoms with E-state index < -0.39 is 12.2 Å². The van der Waals surface area contributed by atoms with Crippen LogP contribution in [0.5, 0.6) is 0 Å². The minimum atomic E-state index is -2.02. The number of amides is 1. The van der Waals surface area contributed by atoms with Crippen LogP contribution in [-0.2, 0) is 4.79 Å². The lowest BCUT2D eigenvalue weighted by atomic mass is 9.95. The third kappa shape index (κ3) is 5.03. The Bertz CT molecular complexity index is 502. The quantitative estimate of drug-likeness (QED) is 0.635. The number of rotatable bonds is 4. The van der Waals surface area contributed by atoms with Gasteiger partial charge in [-0.25, -0.2) is 0 Å². The number of carbonyl (C=O) groups excluding carboxylic acids is 1. The van der Waals surface area contributed by atoms with E-state index in [9.17, 15) is 4.79 Å². The van der Waals surface area contributed by atoms with Gasteiger partial charge in [0.25, 0.3) is 5.91 Å². The molecule has 5 nitrogen and oxygen atoms in total. The standard InChI is InChI=1S/C15H22N2O3/c1-15(2,3)8-7-10-9-11(5-6-12(10)16-4)17-13(18)14(19)20/h5-9,14,16,19-20H,1-4H3,(H,17,18)/b8-7+. The summed E-state index contributed by atoms with van der Waals surface area (Å²) in [6.45, 7) is 6.28. The topological polar surface area (TPSA) is 81.6 Å². The van der Waals surface area contributed by atoms with E-state index in [1.165, 1.54) is 0 Å². The minimum absolute atomic E-state index is 0.0472. The zero-order chi connectivity index (χ0) is 15.3. The molecule has 0 radical (unpaired) electrons. The van der Waals surface area contributed by atoms with Crippen molar-refractivity contribution in [3.05, 3.63) is 29.8 Å². The molecule has 0 aliphatic rings. The first-order valence-corrected chi connectivity index (χ1v) is 6.41. The zero-order valence-electron chi connectivity index (χ0n) is 12.3. The summed E-state index contributed by atoms with van der Waals surface area (Å²) in [5.74, 6) is -0.854. The molecular formula is C15H22N2O3. The van der Waals surface area contributed by atoms with Crippen LogP contribution in [0.2, 0.25) is 0 Å². The van der Waals surface area contributed by atoms with Crippen molar-refractivity contribution in [3.8, 4) is 0 Å². The Kier molecular flexibility index (Phi) is 5.30. The summed E-state index contributed by atoms with van der Waals surface area (Å²) in [5.41, 5.74) is 2.39. The molecule has 110 valence electrons. The Morgan fingerprint density at radius 2 is 1.95 bits per heavy atom. The van der Waals surface area contributed by atoms with Crippen LogP contribution in [0.4, 0.5) is 11.4 Å². The lowest BCUT2D eigenvalue weighted by molar-refractivity contribution is -0.141. The van der Waals surface area contributed by atoms with Crippen LogP contribution in [0.25, 0.3) is 6.08 Å². The van der Waals surface area contributed by atoms with Gasteiger partial charge >= 0.3 is 0 Å². The van der Waals surface area contributed by atoms with E-state index in [4.69, 9.17) is 10.2 Å². The van der Waals surface area contributed by atoms with E-state index in [2.05, 4.69) is 37.5 Å². The second-order valence-electron chi connectivity index (χ2n) is 5.61. The van der Waals surface area contributed by atoms with Gasteiger partial charge in [-0.05, 0) is 29.2 Å². The van der Waals surface area contributed by atoms with Crippen LogP contribution in [0.3, 0.4) is 0 Å². The van der Waals surface area contributed by atoms with E-state index in [1.54, 1.807) is 12.1 Å². The molecule has 1 aromatic rings. The van der Waals surface area contributed by atoms with Gasteiger partial charge in [0.1, 0.15) is 0 Å². The van der Waals surface area contributed by atoms with E-state index in [-0.39, 0.29) is 5.41 Å². The molecule has 1 rings (SSSR count). The third-order valence-corrected chi connectivity index (χ3v) is 2.59. The highest BCUT2D eigenvalue weighted by Gasteiger charge is 2.11. The van der Waals surface area contributed by atoms with Crippen molar-refractivity contribution < 1.29 is 15.0 Å². The Balaban J connectivity index is 3.03. The first-order chi connectivity index (χ1) is 9.23. The maximum absolute atomic E-state index is 11.3. The summed E-state index contributed by atoms with van der Waals surface area (Å²) < 4.78 is 0. The normalized spacial score (nSPS) is 11.9. The number of hydrogen-bond donors (Lipinski definition) is 4. The lowest BCUT2D eigenvalue weighted by Gasteiger charge is -2.14. The Morgan fingerprint density at radius 1 is 1.30 bits per heavy atom. The van der Waals surface area contributed by atoms with Gasteiger partial charge in [-0.3, -0.25) is 4.79 Å². The monoisotopic (exact) mass is 278 g/mol. The Labute approximate surface area is 119 Å². The molecule has 20 heavy (non-hydrogen) atoms. The third-order valence-electron chi connectivity index (χ3n) is 2.59. The minimum Gasteiger partial charge on any atom is -0.388 e. The molecule has 0 bridgehead atoms. The van der Waals surface area contributed by atoms with Gasteiger partial charge in [-0.2, -0.15) is 0 Å². The molecule has 0 heterocycles. The predicted molar refractivity (Wildman–Crippen MR) is 81.3 cm³/mol. The summed E-state index contributed by atoms with van der Waals surface area (Å²) in [4.78, 5) is 11.3. The molecule has 1 aromatic carbocycles. The van der Waals surface area contributed by atoms with E-state index >= 15 is 0 Å². The van der Waals surface area contributed by atoms with Crippen LogP contribution in [0, 0.1) is 5.41 Å². The molecule has 4 N–H and O–H groups in total. The first-order valence-electron chi connectivity index (χ1n) is 6.41. The molecule has 0 aromatic heterocycles. The van der Waals surface area contributed by atoms with Gasteiger partial charge in [0.05, 0.1) is 0 Å². The second-order valence-corrected chi connectivity index (χ2v) is 5.61. The Hall–Kier alpha value is -1.85. The molecular weight excluding hydrogens is 256 g/mol. The molecule has 0 saturated heterocycles. The zero-order valence-corrected chi connectivity index (χ0v) is 12.3. The Morgan fingerprint density at radius 3 is 2.45 bits per heavy atom. The molecule has 1 amide bonds. The molecule has 5 heteroatoms. The van der Waals surface area contributed by atoms with E-state index in [1.807, 2.05) is 19.2 Å². The first kappa shape index (κ1) is 16.2. The summed E-state index contributed by atoms with van der Waals surface area (Å²) in [7, 11) is 1.82. The summed E-state index contributed by atoms with van der Waals surface area (Å²) in [6.07, 6.45) is 2.01. The number of aliphatic hydroxyl groups is 2. The maximum Gasteiger partial charge on any atom is 0.280 e. The highest BCUT2D eigenvalue weighted by atomic mass is 16.5. The van der Waals surface area contributed by atoms with Crippen molar-refractivity contribution in [2.24, 2.45) is 5.41 Å². The van der Waals surface area contributed by atoms with Crippen LogP contribution >= 0.6 is 0 Å². The molecule has 0 aliphatic heterocycles. The van der Waals surface area contributed by atoms with E-state index in [0.29, 0.717) is 5.69 Å². The van der Waals surface area contributed by atoms with Crippen LogP contribution < -0.4 is 10.6 Å². The van der Waals surface area contributed by atoms with E-state index in [0.717, 1.165) is 11.3 Å². The molecule has 0 spiro atoms. The summed E-state index contributed by atoms with van der Waals surface area (Å²) in [6, 6.07) is 5.29. The van der Waals surface area contributed by atoms with Crippen molar-refractivity contribution in [1.82, 2.24) is 0 Å². The van der Waals surface area contributed by atoms with Gasteiger partial charge in [0.2, 0.25) is 6.29 Å². The summed E-state index contributed by atoms with van der Waals surface area (Å²) >= 11 is 0. The highest BCUT2D eigenvalue weighted by molar-refractivity contribution is 5.93. The molecule has 0 unspecified atom stereocenters.